The van der Waals surface area contributed by atoms with Crippen molar-refractivity contribution in [1.82, 2.24) is 0 Å². The van der Waals surface area contributed by atoms with Crippen LogP contribution in [0.1, 0.15) is 50.3 Å². The lowest BCUT2D eigenvalue weighted by Gasteiger charge is -2.39. The van der Waals surface area contributed by atoms with Gasteiger partial charge in [-0.05, 0) is 73.8 Å². The molecule has 0 radical (unpaired) electrons. The summed E-state index contributed by atoms with van der Waals surface area (Å²) in [6.45, 7) is 16.0. The SMILES string of the molecule is Cc1cc(C)c(N(C)C(=O)CC(CC(=O)O)O[Si](C)(C)C(C)(C)C)c(-c2ccc(F)c(C)c2)c1. The van der Waals surface area contributed by atoms with Gasteiger partial charge in [-0.2, -0.15) is 0 Å². The molecule has 0 spiro atoms. The van der Waals surface area contributed by atoms with Gasteiger partial charge in [-0.1, -0.05) is 38.5 Å². The Balaban J connectivity index is 2.43. The lowest BCUT2D eigenvalue weighted by atomic mass is 9.95. The van der Waals surface area contributed by atoms with E-state index in [4.69, 9.17) is 4.43 Å². The second kappa shape index (κ2) is 10.4. The summed E-state index contributed by atoms with van der Waals surface area (Å²) in [5.41, 5.74) is 4.84. The number of aliphatic carboxylic acids is 1. The van der Waals surface area contributed by atoms with Gasteiger partial charge in [-0.25, -0.2) is 4.39 Å². The molecular formula is C27H38FNO4Si. The predicted octanol–water partition coefficient (Wildman–Crippen LogP) is 6.64. The molecule has 1 atom stereocenters. The first-order valence-electron chi connectivity index (χ1n) is 11.6. The second-order valence-corrected chi connectivity index (χ2v) is 15.5. The summed E-state index contributed by atoms with van der Waals surface area (Å²) in [4.78, 5) is 26.5. The van der Waals surface area contributed by atoms with E-state index in [1.807, 2.05) is 26.0 Å². The third kappa shape index (κ3) is 6.54. The summed E-state index contributed by atoms with van der Waals surface area (Å²) in [6.07, 6.45) is -0.983. The minimum atomic E-state index is -2.28. The number of carboxylic acid groups (broad SMARTS) is 1. The summed E-state index contributed by atoms with van der Waals surface area (Å²) in [7, 11) is -0.580. The standard InChI is InChI=1S/C27H38FNO4Si/c1-17-12-19(3)26(22(13-17)20-10-11-23(28)18(2)14-20)29(7)24(30)15-21(16-25(31)32)33-34(8,9)27(4,5)6/h10-14,21H,15-16H2,1-9H3,(H,31,32). The van der Waals surface area contributed by atoms with Crippen molar-refractivity contribution in [1.29, 1.82) is 0 Å². The van der Waals surface area contributed by atoms with Gasteiger partial charge in [-0.15, -0.1) is 0 Å². The first-order valence-corrected chi connectivity index (χ1v) is 14.5. The molecule has 0 heterocycles. The van der Waals surface area contributed by atoms with Crippen LogP contribution in [0, 0.1) is 26.6 Å². The zero-order chi connectivity index (χ0) is 26.0. The van der Waals surface area contributed by atoms with Crippen LogP contribution >= 0.6 is 0 Å². The van der Waals surface area contributed by atoms with Crippen LogP contribution in [0.2, 0.25) is 18.1 Å². The van der Waals surface area contributed by atoms with Crippen molar-refractivity contribution in [2.75, 3.05) is 11.9 Å². The fourth-order valence-corrected chi connectivity index (χ4v) is 5.19. The van der Waals surface area contributed by atoms with Crippen LogP contribution in [0.4, 0.5) is 10.1 Å². The summed E-state index contributed by atoms with van der Waals surface area (Å²) < 4.78 is 20.2. The Hall–Kier alpha value is -2.51. The van der Waals surface area contributed by atoms with Crippen LogP contribution in [0.25, 0.3) is 11.1 Å². The highest BCUT2D eigenvalue weighted by Gasteiger charge is 2.40. The number of halogens is 1. The second-order valence-electron chi connectivity index (χ2n) is 10.7. The summed E-state index contributed by atoms with van der Waals surface area (Å²) in [5, 5.41) is 9.34. The first kappa shape index (κ1) is 27.7. The molecule has 0 fully saturated rings. The molecule has 7 heteroatoms. The van der Waals surface area contributed by atoms with Gasteiger partial charge in [0.2, 0.25) is 5.91 Å². The van der Waals surface area contributed by atoms with E-state index >= 15 is 0 Å². The van der Waals surface area contributed by atoms with Crippen LogP contribution in [0.5, 0.6) is 0 Å². The Bertz CT molecular complexity index is 1080. The van der Waals surface area contributed by atoms with Crippen molar-refractivity contribution in [3.63, 3.8) is 0 Å². The average Bonchev–Trinajstić information content (AvgIpc) is 2.67. The molecule has 0 aromatic heterocycles. The molecule has 0 saturated carbocycles. The number of hydrogen-bond acceptors (Lipinski definition) is 3. The molecular weight excluding hydrogens is 449 g/mol. The molecule has 186 valence electrons. The summed E-state index contributed by atoms with van der Waals surface area (Å²) >= 11 is 0. The number of carbonyl (C=O) groups is 2. The van der Waals surface area contributed by atoms with Gasteiger partial charge in [0.15, 0.2) is 8.32 Å². The van der Waals surface area contributed by atoms with E-state index in [1.54, 1.807) is 31.0 Å². The lowest BCUT2D eigenvalue weighted by Crippen LogP contribution is -2.45. The number of amides is 1. The fourth-order valence-electron chi connectivity index (χ4n) is 3.84. The molecule has 0 saturated heterocycles. The van der Waals surface area contributed by atoms with Crippen LogP contribution in [-0.4, -0.2) is 38.5 Å². The van der Waals surface area contributed by atoms with Crippen molar-refractivity contribution < 1.29 is 23.5 Å². The molecule has 0 aliphatic heterocycles. The quantitative estimate of drug-likeness (QED) is 0.424. The molecule has 1 N–H and O–H groups in total. The van der Waals surface area contributed by atoms with E-state index in [0.717, 1.165) is 27.9 Å². The summed E-state index contributed by atoms with van der Waals surface area (Å²) in [5.74, 6) is -1.50. The monoisotopic (exact) mass is 487 g/mol. The molecule has 0 bridgehead atoms. The predicted molar refractivity (Wildman–Crippen MR) is 138 cm³/mol. The van der Waals surface area contributed by atoms with Crippen molar-refractivity contribution in [2.24, 2.45) is 0 Å². The average molecular weight is 488 g/mol. The molecule has 2 rings (SSSR count). The Morgan fingerprint density at radius 3 is 2.21 bits per heavy atom. The number of aryl methyl sites for hydroxylation is 3. The van der Waals surface area contributed by atoms with Gasteiger partial charge < -0.3 is 14.4 Å². The largest absolute Gasteiger partial charge is 0.481 e. The minimum absolute atomic E-state index is 0.0372. The molecule has 2 aromatic rings. The van der Waals surface area contributed by atoms with E-state index in [9.17, 15) is 19.1 Å². The van der Waals surface area contributed by atoms with Gasteiger partial charge in [0.1, 0.15) is 5.82 Å². The van der Waals surface area contributed by atoms with Gasteiger partial charge in [0.25, 0.3) is 0 Å². The van der Waals surface area contributed by atoms with Gasteiger partial charge in [0.05, 0.1) is 24.6 Å². The first-order chi connectivity index (χ1) is 15.5. The molecule has 1 amide bonds. The van der Waals surface area contributed by atoms with Crippen LogP contribution < -0.4 is 4.90 Å². The molecule has 34 heavy (non-hydrogen) atoms. The maximum absolute atomic E-state index is 13.9. The Morgan fingerprint density at radius 2 is 1.68 bits per heavy atom. The van der Waals surface area contributed by atoms with Crippen molar-refractivity contribution in [2.45, 2.75) is 78.6 Å². The van der Waals surface area contributed by atoms with Crippen LogP contribution in [0.3, 0.4) is 0 Å². The maximum atomic E-state index is 13.9. The lowest BCUT2D eigenvalue weighted by molar-refractivity contribution is -0.139. The number of benzene rings is 2. The third-order valence-corrected chi connectivity index (χ3v) is 11.2. The molecule has 5 nitrogen and oxygen atoms in total. The van der Waals surface area contributed by atoms with E-state index in [0.29, 0.717) is 5.56 Å². The number of rotatable bonds is 8. The number of carbonyl (C=O) groups excluding carboxylic acids is 1. The normalized spacial score (nSPS) is 13.0. The van der Waals surface area contributed by atoms with Gasteiger partial charge in [-0.3, -0.25) is 9.59 Å². The maximum Gasteiger partial charge on any atom is 0.305 e. The van der Waals surface area contributed by atoms with Crippen molar-refractivity contribution in [3.05, 3.63) is 52.8 Å². The zero-order valence-corrected chi connectivity index (χ0v) is 22.9. The zero-order valence-electron chi connectivity index (χ0n) is 21.9. The van der Waals surface area contributed by atoms with Crippen molar-refractivity contribution in [3.8, 4) is 11.1 Å². The number of hydrogen-bond donors (Lipinski definition) is 1. The van der Waals surface area contributed by atoms with Gasteiger partial charge >= 0.3 is 5.97 Å². The molecule has 0 aliphatic carbocycles. The fraction of sp³-hybridized carbons (Fsp3) is 0.481. The minimum Gasteiger partial charge on any atom is -0.481 e. The highest BCUT2D eigenvalue weighted by Crippen LogP contribution is 2.39. The van der Waals surface area contributed by atoms with E-state index in [1.165, 1.54) is 6.07 Å². The Labute approximate surface area is 204 Å². The van der Waals surface area contributed by atoms with E-state index in [2.05, 4.69) is 33.9 Å². The van der Waals surface area contributed by atoms with E-state index in [-0.39, 0.29) is 29.6 Å². The van der Waals surface area contributed by atoms with Crippen molar-refractivity contribution >= 4 is 25.9 Å². The number of nitrogens with zero attached hydrogens (tertiary/aromatic N) is 1. The Kier molecular flexibility index (Phi) is 8.48. The third-order valence-electron chi connectivity index (χ3n) is 6.70. The summed E-state index contributed by atoms with van der Waals surface area (Å²) in [6, 6.07) is 8.91. The molecule has 1 unspecified atom stereocenters. The molecule has 0 aliphatic rings. The Morgan fingerprint density at radius 1 is 1.06 bits per heavy atom. The van der Waals surface area contributed by atoms with Crippen LogP contribution in [0.15, 0.2) is 30.3 Å². The smallest absolute Gasteiger partial charge is 0.305 e. The number of carboxylic acids is 1. The van der Waals surface area contributed by atoms with Crippen LogP contribution in [-0.2, 0) is 14.0 Å². The molecule has 2 aromatic carbocycles. The van der Waals surface area contributed by atoms with Gasteiger partial charge in [0, 0.05) is 12.6 Å². The highest BCUT2D eigenvalue weighted by atomic mass is 28.4. The topological polar surface area (TPSA) is 66.8 Å². The van der Waals surface area contributed by atoms with E-state index < -0.39 is 20.4 Å². The number of anilines is 1. The highest BCUT2D eigenvalue weighted by molar-refractivity contribution is 6.74.